The molecule has 194 valence electrons. The molecule has 0 radical (unpaired) electrons. The van der Waals surface area contributed by atoms with Crippen LogP contribution in [-0.2, 0) is 17.8 Å². The van der Waals surface area contributed by atoms with E-state index in [-0.39, 0.29) is 23.6 Å². The Morgan fingerprint density at radius 2 is 1.38 bits per heavy atom. The summed E-state index contributed by atoms with van der Waals surface area (Å²) in [4.78, 5) is 28.0. The van der Waals surface area contributed by atoms with Crippen molar-refractivity contribution in [2.24, 2.45) is 0 Å². The molecule has 0 bridgehead atoms. The third-order valence-electron chi connectivity index (χ3n) is 6.80. The van der Waals surface area contributed by atoms with Gasteiger partial charge in [0.15, 0.2) is 0 Å². The molecule has 0 spiro atoms. The van der Waals surface area contributed by atoms with Crippen LogP contribution in [0.2, 0.25) is 10.0 Å². The Labute approximate surface area is 237 Å². The van der Waals surface area contributed by atoms with Crippen molar-refractivity contribution >= 4 is 45.9 Å². The number of fused-ring (bicyclic) bond motifs is 1. The highest BCUT2D eigenvalue weighted by Crippen LogP contribution is 2.27. The van der Waals surface area contributed by atoms with Crippen molar-refractivity contribution in [2.75, 3.05) is 0 Å². The van der Waals surface area contributed by atoms with E-state index in [1.54, 1.807) is 12.1 Å². The number of aliphatic carboxylic acids is 1. The first kappa shape index (κ1) is 26.5. The molecular formula is C33H25Cl2NO3. The molecular weight excluding hydrogens is 529 g/mol. The number of hydrogen-bond donors (Lipinski definition) is 1. The van der Waals surface area contributed by atoms with Crippen LogP contribution in [0, 0.1) is 0 Å². The van der Waals surface area contributed by atoms with Crippen LogP contribution in [0.1, 0.15) is 21.5 Å². The van der Waals surface area contributed by atoms with Gasteiger partial charge in [-0.2, -0.15) is 0 Å². The molecule has 0 aliphatic rings. The van der Waals surface area contributed by atoms with Crippen molar-refractivity contribution in [3.05, 3.63) is 142 Å². The number of carboxylic acids is 1. The number of carboxylic acid groups (broad SMARTS) is 1. The van der Waals surface area contributed by atoms with Gasteiger partial charge in [0.25, 0.3) is 5.91 Å². The Bertz CT molecular complexity index is 1630. The van der Waals surface area contributed by atoms with Gasteiger partial charge < -0.3 is 10.0 Å². The van der Waals surface area contributed by atoms with Gasteiger partial charge in [-0.05, 0) is 51.2 Å². The first-order valence-corrected chi connectivity index (χ1v) is 13.3. The largest absolute Gasteiger partial charge is 0.480 e. The molecule has 4 nitrogen and oxygen atoms in total. The SMILES string of the molecule is O=C(O)[C@@H](Cc1ccc(-c2ccccc2)cc1)N(Cc1cccc2ccccc12)C(=O)c1ccc(Cl)c(Cl)c1. The van der Waals surface area contributed by atoms with E-state index in [0.717, 1.165) is 33.0 Å². The van der Waals surface area contributed by atoms with Crippen molar-refractivity contribution in [1.82, 2.24) is 4.90 Å². The maximum atomic E-state index is 13.9. The number of halogens is 2. The van der Waals surface area contributed by atoms with Gasteiger partial charge >= 0.3 is 5.97 Å². The summed E-state index contributed by atoms with van der Waals surface area (Å²) >= 11 is 12.3. The molecule has 0 aliphatic carbocycles. The minimum atomic E-state index is -1.12. The van der Waals surface area contributed by atoms with E-state index < -0.39 is 17.9 Å². The first-order valence-electron chi connectivity index (χ1n) is 12.5. The molecule has 0 saturated carbocycles. The lowest BCUT2D eigenvalue weighted by Gasteiger charge is -2.30. The summed E-state index contributed by atoms with van der Waals surface area (Å²) in [7, 11) is 0. The average molecular weight is 554 g/mol. The molecule has 1 amide bonds. The van der Waals surface area contributed by atoms with Gasteiger partial charge in [-0.15, -0.1) is 0 Å². The van der Waals surface area contributed by atoms with Crippen LogP contribution in [0.5, 0.6) is 0 Å². The van der Waals surface area contributed by atoms with E-state index in [1.165, 1.54) is 11.0 Å². The Morgan fingerprint density at radius 1 is 0.718 bits per heavy atom. The highest BCUT2D eigenvalue weighted by molar-refractivity contribution is 6.42. The number of hydrogen-bond acceptors (Lipinski definition) is 2. The second-order valence-corrected chi connectivity index (χ2v) is 10.1. The molecule has 39 heavy (non-hydrogen) atoms. The summed E-state index contributed by atoms with van der Waals surface area (Å²) in [5.74, 6) is -1.52. The van der Waals surface area contributed by atoms with Crippen LogP contribution in [-0.4, -0.2) is 27.9 Å². The average Bonchev–Trinajstić information content (AvgIpc) is 2.96. The first-order chi connectivity index (χ1) is 18.9. The predicted octanol–water partition coefficient (Wildman–Crippen LogP) is 8.15. The van der Waals surface area contributed by atoms with Gasteiger partial charge in [-0.3, -0.25) is 4.79 Å². The minimum absolute atomic E-state index is 0.111. The molecule has 1 N–H and O–H groups in total. The number of rotatable bonds is 8. The van der Waals surface area contributed by atoms with Crippen LogP contribution in [0.3, 0.4) is 0 Å². The molecule has 0 aromatic heterocycles. The van der Waals surface area contributed by atoms with E-state index >= 15 is 0 Å². The maximum absolute atomic E-state index is 13.9. The molecule has 1 atom stereocenters. The quantitative estimate of drug-likeness (QED) is 0.211. The Morgan fingerprint density at radius 3 is 2.10 bits per heavy atom. The lowest BCUT2D eigenvalue weighted by atomic mass is 9.98. The van der Waals surface area contributed by atoms with E-state index in [1.807, 2.05) is 97.1 Å². The fourth-order valence-corrected chi connectivity index (χ4v) is 5.05. The molecule has 0 unspecified atom stereocenters. The van der Waals surface area contributed by atoms with E-state index in [0.29, 0.717) is 5.02 Å². The lowest BCUT2D eigenvalue weighted by Crippen LogP contribution is -2.46. The van der Waals surface area contributed by atoms with Crippen molar-refractivity contribution in [3.63, 3.8) is 0 Å². The van der Waals surface area contributed by atoms with E-state index in [9.17, 15) is 14.7 Å². The molecule has 0 aliphatic heterocycles. The van der Waals surface area contributed by atoms with E-state index in [2.05, 4.69) is 0 Å². The molecule has 0 saturated heterocycles. The second kappa shape index (κ2) is 11.7. The number of carbonyl (C=O) groups excluding carboxylic acids is 1. The fraction of sp³-hybridized carbons (Fsp3) is 0.0909. The predicted molar refractivity (Wildman–Crippen MR) is 157 cm³/mol. The van der Waals surface area contributed by atoms with Gasteiger partial charge in [0, 0.05) is 18.5 Å². The topological polar surface area (TPSA) is 57.6 Å². The van der Waals surface area contributed by atoms with Crippen LogP contribution >= 0.6 is 23.2 Å². The van der Waals surface area contributed by atoms with Crippen molar-refractivity contribution in [1.29, 1.82) is 0 Å². The van der Waals surface area contributed by atoms with Gasteiger partial charge in [-0.1, -0.05) is 120 Å². The molecule has 0 heterocycles. The number of nitrogens with zero attached hydrogens (tertiary/aromatic N) is 1. The van der Waals surface area contributed by atoms with E-state index in [4.69, 9.17) is 23.2 Å². The fourth-order valence-electron chi connectivity index (χ4n) is 4.75. The summed E-state index contributed by atoms with van der Waals surface area (Å²) in [5, 5.41) is 12.9. The summed E-state index contributed by atoms with van der Waals surface area (Å²) < 4.78 is 0. The van der Waals surface area contributed by atoms with Crippen LogP contribution in [0.4, 0.5) is 0 Å². The van der Waals surface area contributed by atoms with Gasteiger partial charge in [0.2, 0.25) is 0 Å². The zero-order valence-electron chi connectivity index (χ0n) is 20.9. The monoisotopic (exact) mass is 553 g/mol. The summed E-state index contributed by atoms with van der Waals surface area (Å²) in [6.45, 7) is 0.111. The highest BCUT2D eigenvalue weighted by atomic mass is 35.5. The Hall–Kier alpha value is -4.12. The lowest BCUT2D eigenvalue weighted by molar-refractivity contribution is -0.142. The Balaban J connectivity index is 1.52. The third kappa shape index (κ3) is 5.98. The van der Waals surface area contributed by atoms with Crippen LogP contribution in [0.15, 0.2) is 115 Å². The van der Waals surface area contributed by atoms with Gasteiger partial charge in [0.1, 0.15) is 6.04 Å². The summed E-state index contributed by atoms with van der Waals surface area (Å²) in [5.41, 5.74) is 4.05. The standard InChI is InChI=1S/C33H25Cl2NO3/c34-29-18-17-26(20-30(29)35)32(37)36(21-27-11-6-10-25-9-4-5-12-28(25)27)31(33(38)39)19-22-13-15-24(16-14-22)23-7-2-1-3-8-23/h1-18,20,31H,19,21H2,(H,38,39)/t31-/m1/s1. The maximum Gasteiger partial charge on any atom is 0.326 e. The van der Waals surface area contributed by atoms with Crippen LogP contribution < -0.4 is 0 Å². The van der Waals surface area contributed by atoms with Crippen molar-refractivity contribution in [3.8, 4) is 11.1 Å². The smallest absolute Gasteiger partial charge is 0.326 e. The number of amides is 1. The zero-order valence-corrected chi connectivity index (χ0v) is 22.4. The zero-order chi connectivity index (χ0) is 27.4. The molecule has 5 aromatic rings. The van der Waals surface area contributed by atoms with Gasteiger partial charge in [-0.25, -0.2) is 4.79 Å². The number of benzene rings is 5. The molecule has 5 rings (SSSR count). The number of carbonyl (C=O) groups is 2. The second-order valence-electron chi connectivity index (χ2n) is 9.32. The van der Waals surface area contributed by atoms with Gasteiger partial charge in [0.05, 0.1) is 10.0 Å². The van der Waals surface area contributed by atoms with Crippen molar-refractivity contribution < 1.29 is 14.7 Å². The third-order valence-corrected chi connectivity index (χ3v) is 7.54. The molecule has 5 aromatic carbocycles. The highest BCUT2D eigenvalue weighted by Gasteiger charge is 2.31. The normalized spacial score (nSPS) is 11.7. The molecule has 6 heteroatoms. The molecule has 0 fully saturated rings. The minimum Gasteiger partial charge on any atom is -0.480 e. The summed E-state index contributed by atoms with van der Waals surface area (Å²) in [6, 6.07) is 34.9. The summed E-state index contributed by atoms with van der Waals surface area (Å²) in [6.07, 6.45) is 0.141. The van der Waals surface area contributed by atoms with Crippen molar-refractivity contribution in [2.45, 2.75) is 19.0 Å². The van der Waals surface area contributed by atoms with Crippen LogP contribution in [0.25, 0.3) is 21.9 Å². The Kier molecular flexibility index (Phi) is 7.97.